The summed E-state index contributed by atoms with van der Waals surface area (Å²) in [7, 11) is 0. The highest BCUT2D eigenvalue weighted by Crippen LogP contribution is 2.42. The van der Waals surface area contributed by atoms with Gasteiger partial charge in [-0.15, -0.1) is 0 Å². The number of aryl methyl sites for hydroxylation is 1. The number of aliphatic carboxylic acids is 1. The molecule has 0 unspecified atom stereocenters. The van der Waals surface area contributed by atoms with E-state index < -0.39 is 29.3 Å². The molecule has 0 saturated carbocycles. The van der Waals surface area contributed by atoms with Crippen molar-refractivity contribution in [3.63, 3.8) is 0 Å². The van der Waals surface area contributed by atoms with Crippen LogP contribution in [0.2, 0.25) is 0 Å². The lowest BCUT2D eigenvalue weighted by Gasteiger charge is -2.42. The van der Waals surface area contributed by atoms with Crippen LogP contribution < -0.4 is 9.64 Å². The maximum atomic E-state index is 14.7. The normalized spacial score (nSPS) is 20.8. The van der Waals surface area contributed by atoms with E-state index in [4.69, 9.17) is 19.2 Å². The third-order valence-corrected chi connectivity index (χ3v) is 10.0. The summed E-state index contributed by atoms with van der Waals surface area (Å²) in [6.07, 6.45) is 5.11. The quantitative estimate of drug-likeness (QED) is 0.229. The maximum absolute atomic E-state index is 14.7. The molecule has 0 spiro atoms. The molecule has 6 bridgehead atoms. The van der Waals surface area contributed by atoms with Gasteiger partial charge in [-0.05, 0) is 109 Å². The number of carboxylic acid groups (broad SMARTS) is 1. The molecule has 10 heteroatoms. The number of nitrogens with zero attached hydrogens (tertiary/aromatic N) is 3. The van der Waals surface area contributed by atoms with Gasteiger partial charge in [-0.1, -0.05) is 25.1 Å². The van der Waals surface area contributed by atoms with Crippen molar-refractivity contribution in [3.8, 4) is 28.1 Å². The maximum Gasteiger partial charge on any atom is 0.337 e. The monoisotopic (exact) mass is 689 g/mol. The van der Waals surface area contributed by atoms with Gasteiger partial charge in [-0.3, -0.25) is 4.40 Å². The number of carboxylic acids is 1. The number of piperidine rings is 1. The highest BCUT2D eigenvalue weighted by atomic mass is 19.2. The second kappa shape index (κ2) is 13.9. The smallest absolute Gasteiger partial charge is 0.337 e. The number of halogens is 2. The average Bonchev–Trinajstić information content (AvgIpc) is 3.49. The summed E-state index contributed by atoms with van der Waals surface area (Å²) in [5, 5.41) is 10.7. The highest BCUT2D eigenvalue weighted by molar-refractivity contribution is 5.82. The second-order valence-electron chi connectivity index (χ2n) is 15.0. The van der Waals surface area contributed by atoms with E-state index >= 15 is 0 Å². The van der Waals surface area contributed by atoms with Crippen LogP contribution in [0.1, 0.15) is 96.4 Å². The van der Waals surface area contributed by atoms with Crippen LogP contribution in [0.15, 0.2) is 42.6 Å². The minimum Gasteiger partial charge on any atom is -0.490 e. The number of anilines is 1. The summed E-state index contributed by atoms with van der Waals surface area (Å²) in [6.45, 7) is 15.6. The number of aromatic nitrogens is 2. The molecule has 3 aliphatic heterocycles. The van der Waals surface area contributed by atoms with E-state index in [0.717, 1.165) is 66.3 Å². The summed E-state index contributed by atoms with van der Waals surface area (Å²) >= 11 is 0. The number of hydrogen-bond donors (Lipinski definition) is 1. The van der Waals surface area contributed by atoms with Gasteiger partial charge in [-0.25, -0.2) is 18.6 Å². The predicted octanol–water partition coefficient (Wildman–Crippen LogP) is 9.08. The Morgan fingerprint density at radius 3 is 2.50 bits per heavy atom. The van der Waals surface area contributed by atoms with Crippen molar-refractivity contribution in [2.45, 2.75) is 110 Å². The van der Waals surface area contributed by atoms with Crippen molar-refractivity contribution >= 4 is 17.4 Å². The molecular formula is C40H49F2N3O5. The Hall–Kier alpha value is -4.02. The third-order valence-electron chi connectivity index (χ3n) is 10.0. The van der Waals surface area contributed by atoms with Gasteiger partial charge in [0.2, 0.25) is 0 Å². The molecule has 2 atom stereocenters. The van der Waals surface area contributed by atoms with Crippen molar-refractivity contribution in [2.24, 2.45) is 0 Å². The van der Waals surface area contributed by atoms with E-state index in [0.29, 0.717) is 48.5 Å². The van der Waals surface area contributed by atoms with Crippen LogP contribution in [0.5, 0.6) is 5.75 Å². The first kappa shape index (κ1) is 35.8. The Morgan fingerprint density at radius 2 is 1.82 bits per heavy atom. The number of imidazole rings is 1. The number of hydrogen-bond acceptors (Lipinski definition) is 6. The number of ether oxygens (including phenoxy) is 3. The van der Waals surface area contributed by atoms with Crippen LogP contribution in [0.4, 0.5) is 14.6 Å². The lowest BCUT2D eigenvalue weighted by Crippen LogP contribution is -2.45. The number of benzene rings is 2. The molecule has 0 amide bonds. The molecule has 3 aliphatic rings. The molecule has 50 heavy (non-hydrogen) atoms. The fraction of sp³-hybridized carbons (Fsp3) is 0.500. The Kier molecular flexibility index (Phi) is 9.98. The highest BCUT2D eigenvalue weighted by Gasteiger charge is 2.38. The molecule has 2 aromatic carbocycles. The minimum absolute atomic E-state index is 0.218. The van der Waals surface area contributed by atoms with Gasteiger partial charge in [0.25, 0.3) is 0 Å². The molecule has 0 aliphatic carbocycles. The summed E-state index contributed by atoms with van der Waals surface area (Å²) in [5.74, 6) is -1.93. The van der Waals surface area contributed by atoms with Crippen molar-refractivity contribution in [1.29, 1.82) is 0 Å². The van der Waals surface area contributed by atoms with Crippen LogP contribution in [-0.4, -0.2) is 57.5 Å². The van der Waals surface area contributed by atoms with Crippen molar-refractivity contribution in [2.75, 3.05) is 24.6 Å². The molecule has 2 aromatic heterocycles. The molecule has 1 saturated heterocycles. The first-order valence-electron chi connectivity index (χ1n) is 17.8. The van der Waals surface area contributed by atoms with Gasteiger partial charge in [0.05, 0.1) is 23.0 Å². The van der Waals surface area contributed by atoms with Crippen LogP contribution in [0, 0.1) is 18.6 Å². The standard InChI is InChI=1S/C40H49F2N3O5/c1-8-28-25(3)34(35(38(46)47)50-39(4,5)6)37-44-17-15-40(7,16-18-44)48-19-10-9-12-24(2)49-33-22-31(42)30(41)21-29(33)26-13-11-14-27(20-26)32-23-45(37)36(28)43-32/h11,13-14,20-24,35H,8-10,12,15-19H2,1-7H3,(H,46,47)/t24-,35+/m1/s1. The van der Waals surface area contributed by atoms with Crippen LogP contribution in [0.3, 0.4) is 0 Å². The fourth-order valence-electron chi connectivity index (χ4n) is 7.33. The van der Waals surface area contributed by atoms with Crippen molar-refractivity contribution < 1.29 is 32.9 Å². The third kappa shape index (κ3) is 7.23. The molecule has 8 nitrogen and oxygen atoms in total. The zero-order valence-corrected chi connectivity index (χ0v) is 30.2. The molecule has 4 aromatic rings. The van der Waals surface area contributed by atoms with E-state index in [-0.39, 0.29) is 17.5 Å². The second-order valence-corrected chi connectivity index (χ2v) is 15.0. The molecular weight excluding hydrogens is 640 g/mol. The molecule has 5 heterocycles. The molecule has 0 radical (unpaired) electrons. The van der Waals surface area contributed by atoms with E-state index in [1.165, 1.54) is 6.07 Å². The van der Waals surface area contributed by atoms with Gasteiger partial charge in [0.15, 0.2) is 17.7 Å². The fourth-order valence-corrected chi connectivity index (χ4v) is 7.33. The lowest BCUT2D eigenvalue weighted by atomic mass is 9.91. The average molecular weight is 690 g/mol. The number of pyridine rings is 1. The Morgan fingerprint density at radius 1 is 1.12 bits per heavy atom. The summed E-state index contributed by atoms with van der Waals surface area (Å²) in [6, 6.07) is 9.89. The van der Waals surface area contributed by atoms with E-state index in [1.54, 1.807) is 0 Å². The summed E-state index contributed by atoms with van der Waals surface area (Å²) < 4.78 is 50.4. The van der Waals surface area contributed by atoms with Crippen LogP contribution in [0.25, 0.3) is 28.0 Å². The first-order valence-corrected chi connectivity index (χ1v) is 17.8. The van der Waals surface area contributed by atoms with Gasteiger partial charge in [0.1, 0.15) is 17.2 Å². The van der Waals surface area contributed by atoms with Gasteiger partial charge >= 0.3 is 5.97 Å². The van der Waals surface area contributed by atoms with Crippen LogP contribution in [-0.2, 0) is 20.7 Å². The molecule has 7 rings (SSSR count). The van der Waals surface area contributed by atoms with Crippen molar-refractivity contribution in [3.05, 3.63) is 70.9 Å². The molecule has 1 fully saturated rings. The zero-order chi connectivity index (χ0) is 36.0. The van der Waals surface area contributed by atoms with E-state index in [1.807, 2.05) is 76.4 Å². The Bertz CT molecular complexity index is 1890. The summed E-state index contributed by atoms with van der Waals surface area (Å²) in [5.41, 5.74) is 4.66. The topological polar surface area (TPSA) is 85.5 Å². The zero-order valence-electron chi connectivity index (χ0n) is 30.2. The van der Waals surface area contributed by atoms with Gasteiger partial charge in [0, 0.05) is 48.6 Å². The predicted molar refractivity (Wildman–Crippen MR) is 191 cm³/mol. The van der Waals surface area contributed by atoms with E-state index in [2.05, 4.69) is 11.8 Å². The van der Waals surface area contributed by atoms with Crippen LogP contribution >= 0.6 is 0 Å². The largest absolute Gasteiger partial charge is 0.490 e. The number of carbonyl (C=O) groups is 1. The van der Waals surface area contributed by atoms with Gasteiger partial charge in [-0.2, -0.15) is 0 Å². The summed E-state index contributed by atoms with van der Waals surface area (Å²) in [4.78, 5) is 20.4. The van der Waals surface area contributed by atoms with Crippen molar-refractivity contribution in [1.82, 2.24) is 9.38 Å². The first-order chi connectivity index (χ1) is 23.7. The van der Waals surface area contributed by atoms with Gasteiger partial charge < -0.3 is 24.2 Å². The molecule has 1 N–H and O–H groups in total. The SMILES string of the molecule is CCc1c(C)c([C@H](OC(C)(C)C)C(=O)O)c2n3cc(nc13)-c1cccc(c1)-c1cc(F)c(F)cc1O[C@H](C)CCCCOC1(C)CCN2CC1. The number of rotatable bonds is 4. The minimum atomic E-state index is -1.21. The molecule has 268 valence electrons. The Labute approximate surface area is 293 Å². The number of fused-ring (bicyclic) bond motifs is 8. The van der Waals surface area contributed by atoms with E-state index in [9.17, 15) is 18.7 Å². The lowest BCUT2D eigenvalue weighted by molar-refractivity contribution is -0.160. The Balaban J connectivity index is 1.59.